The molecule has 2 aliphatic heterocycles. The Morgan fingerprint density at radius 2 is 1.59 bits per heavy atom. The zero-order chi connectivity index (χ0) is 20.0. The highest BCUT2D eigenvalue weighted by molar-refractivity contribution is 6.23. The van der Waals surface area contributed by atoms with Gasteiger partial charge in [-0.15, -0.1) is 0 Å². The maximum atomic E-state index is 13.5. The molecule has 144 valence electrons. The number of carbonyl (C=O) groups excluding carboxylic acids is 2. The fourth-order valence-corrected chi connectivity index (χ4v) is 4.13. The van der Waals surface area contributed by atoms with Crippen molar-refractivity contribution in [1.82, 2.24) is 4.98 Å². The summed E-state index contributed by atoms with van der Waals surface area (Å²) in [5.74, 6) is -1.21. The summed E-state index contributed by atoms with van der Waals surface area (Å²) in [7, 11) is 0. The Morgan fingerprint density at radius 1 is 0.862 bits per heavy atom. The van der Waals surface area contributed by atoms with Gasteiger partial charge in [0.15, 0.2) is 6.10 Å². The number of aryl methyl sites for hydroxylation is 1. The Labute approximate surface area is 168 Å². The minimum Gasteiger partial charge on any atom is -0.273 e. The number of aromatic nitrogens is 1. The molecule has 2 amide bonds. The van der Waals surface area contributed by atoms with Gasteiger partial charge in [0, 0.05) is 12.4 Å². The summed E-state index contributed by atoms with van der Waals surface area (Å²) in [6.45, 7) is 1.93. The molecule has 1 aromatic heterocycles. The van der Waals surface area contributed by atoms with Crippen LogP contribution in [-0.4, -0.2) is 22.9 Å². The lowest BCUT2D eigenvalue weighted by Gasteiger charge is -2.28. The Bertz CT molecular complexity index is 1070. The van der Waals surface area contributed by atoms with Gasteiger partial charge in [-0.1, -0.05) is 30.3 Å². The van der Waals surface area contributed by atoms with E-state index in [0.29, 0.717) is 5.69 Å². The van der Waals surface area contributed by atoms with E-state index >= 15 is 0 Å². The predicted molar refractivity (Wildman–Crippen MR) is 108 cm³/mol. The van der Waals surface area contributed by atoms with Gasteiger partial charge in [0.2, 0.25) is 5.91 Å². The number of carbonyl (C=O) groups is 2. The van der Waals surface area contributed by atoms with Crippen LogP contribution in [-0.2, 0) is 14.4 Å². The molecule has 3 heterocycles. The molecule has 0 unspecified atom stereocenters. The van der Waals surface area contributed by atoms with Gasteiger partial charge in [0.1, 0.15) is 5.92 Å². The molecule has 0 spiro atoms. The highest BCUT2D eigenvalue weighted by atomic mass is 16.7. The van der Waals surface area contributed by atoms with Crippen LogP contribution in [0.3, 0.4) is 0 Å². The minimum absolute atomic E-state index is 0.245. The molecule has 0 N–H and O–H groups in total. The molecular formula is C23H19N3O3. The Balaban J connectivity index is 1.59. The molecule has 3 aromatic rings. The standard InChI is InChI=1S/C23H19N3O3/c1-15-6-5-9-18(14-15)25-22(27)19-20(16-10-12-24-13-11-16)26(29-21(19)23(25)28)17-7-3-2-4-8-17/h2-14,19-21H,1H3/t19-,20-,21-/m0/s1. The van der Waals surface area contributed by atoms with Crippen LogP contribution in [0.4, 0.5) is 11.4 Å². The summed E-state index contributed by atoms with van der Waals surface area (Å²) in [6.07, 6.45) is 2.51. The topological polar surface area (TPSA) is 62.7 Å². The fraction of sp³-hybridized carbons (Fsp3) is 0.174. The summed E-state index contributed by atoms with van der Waals surface area (Å²) in [6, 6.07) is 20.2. The van der Waals surface area contributed by atoms with Crippen LogP contribution < -0.4 is 9.96 Å². The molecule has 6 heteroatoms. The first-order valence-corrected chi connectivity index (χ1v) is 9.50. The number of hydroxylamine groups is 1. The summed E-state index contributed by atoms with van der Waals surface area (Å²) in [4.78, 5) is 38.1. The van der Waals surface area contributed by atoms with E-state index in [1.54, 1.807) is 23.5 Å². The van der Waals surface area contributed by atoms with Gasteiger partial charge in [-0.3, -0.25) is 19.4 Å². The van der Waals surface area contributed by atoms with Crippen LogP contribution >= 0.6 is 0 Å². The zero-order valence-electron chi connectivity index (χ0n) is 15.8. The third-order valence-electron chi connectivity index (χ3n) is 5.43. The summed E-state index contributed by atoms with van der Waals surface area (Å²) >= 11 is 0. The van der Waals surface area contributed by atoms with Crippen molar-refractivity contribution in [2.45, 2.75) is 19.1 Å². The summed E-state index contributed by atoms with van der Waals surface area (Å²) in [5, 5.41) is 1.69. The largest absolute Gasteiger partial charge is 0.273 e. The minimum atomic E-state index is -0.860. The second-order valence-electron chi connectivity index (χ2n) is 7.29. The van der Waals surface area contributed by atoms with Crippen LogP contribution in [0.15, 0.2) is 79.1 Å². The predicted octanol–water partition coefficient (Wildman–Crippen LogP) is 3.44. The molecule has 2 fully saturated rings. The van der Waals surface area contributed by atoms with Crippen molar-refractivity contribution >= 4 is 23.2 Å². The van der Waals surface area contributed by atoms with Gasteiger partial charge in [0.25, 0.3) is 5.91 Å². The van der Waals surface area contributed by atoms with Crippen LogP contribution in [0, 0.1) is 12.8 Å². The van der Waals surface area contributed by atoms with Gasteiger partial charge in [-0.25, -0.2) is 9.96 Å². The van der Waals surface area contributed by atoms with Crippen LogP contribution in [0.5, 0.6) is 0 Å². The van der Waals surface area contributed by atoms with E-state index in [1.165, 1.54) is 4.90 Å². The highest BCUT2D eigenvalue weighted by Gasteiger charge is 2.60. The quantitative estimate of drug-likeness (QED) is 0.647. The SMILES string of the molecule is Cc1cccc(N2C(=O)[C@@H]3[C@H](ON(c4ccccc4)[C@H]3c3ccncc3)C2=O)c1. The number of para-hydroxylation sites is 1. The molecule has 29 heavy (non-hydrogen) atoms. The van der Waals surface area contributed by atoms with E-state index in [-0.39, 0.29) is 11.8 Å². The lowest BCUT2D eigenvalue weighted by atomic mass is 9.91. The molecule has 3 atom stereocenters. The van der Waals surface area contributed by atoms with Crippen LogP contribution in [0.1, 0.15) is 17.2 Å². The molecule has 2 saturated heterocycles. The van der Waals surface area contributed by atoms with E-state index in [0.717, 1.165) is 16.8 Å². The maximum Gasteiger partial charge on any atom is 0.266 e. The lowest BCUT2D eigenvalue weighted by molar-refractivity contribution is -0.126. The van der Waals surface area contributed by atoms with Crippen molar-refractivity contribution in [3.63, 3.8) is 0 Å². The first kappa shape index (κ1) is 17.6. The van der Waals surface area contributed by atoms with Crippen molar-refractivity contribution in [2.75, 3.05) is 9.96 Å². The van der Waals surface area contributed by atoms with E-state index in [2.05, 4.69) is 4.98 Å². The Kier molecular flexibility index (Phi) is 4.14. The summed E-state index contributed by atoms with van der Waals surface area (Å²) in [5.41, 5.74) is 3.24. The van der Waals surface area contributed by atoms with Crippen molar-refractivity contribution in [1.29, 1.82) is 0 Å². The molecule has 5 rings (SSSR count). The molecule has 0 saturated carbocycles. The maximum absolute atomic E-state index is 13.5. The number of nitrogens with zero attached hydrogens (tertiary/aromatic N) is 3. The lowest BCUT2D eigenvalue weighted by Crippen LogP contribution is -2.37. The fourth-order valence-electron chi connectivity index (χ4n) is 4.13. The van der Waals surface area contributed by atoms with Crippen molar-refractivity contribution in [2.24, 2.45) is 5.92 Å². The normalized spacial score (nSPS) is 23.6. The smallest absolute Gasteiger partial charge is 0.266 e. The van der Waals surface area contributed by atoms with E-state index in [4.69, 9.17) is 4.84 Å². The number of benzene rings is 2. The first-order valence-electron chi connectivity index (χ1n) is 9.50. The number of anilines is 2. The molecule has 2 aliphatic rings. The number of hydrogen-bond donors (Lipinski definition) is 0. The number of pyridine rings is 1. The molecule has 2 aromatic carbocycles. The van der Waals surface area contributed by atoms with Gasteiger partial charge in [0.05, 0.1) is 17.4 Å². The molecule has 6 nitrogen and oxygen atoms in total. The van der Waals surface area contributed by atoms with E-state index in [1.807, 2.05) is 67.6 Å². The monoisotopic (exact) mass is 385 g/mol. The molecule has 0 radical (unpaired) electrons. The third kappa shape index (κ3) is 2.80. The second-order valence-corrected chi connectivity index (χ2v) is 7.29. The number of fused-ring (bicyclic) bond motifs is 1. The highest BCUT2D eigenvalue weighted by Crippen LogP contribution is 2.47. The average Bonchev–Trinajstić information content (AvgIpc) is 3.26. The average molecular weight is 385 g/mol. The van der Waals surface area contributed by atoms with Gasteiger partial charge >= 0.3 is 0 Å². The Morgan fingerprint density at radius 3 is 2.31 bits per heavy atom. The van der Waals surface area contributed by atoms with Gasteiger partial charge < -0.3 is 0 Å². The number of imide groups is 1. The number of amides is 2. The molecule has 0 aliphatic carbocycles. The Hall–Kier alpha value is -3.51. The third-order valence-corrected chi connectivity index (χ3v) is 5.43. The van der Waals surface area contributed by atoms with Crippen molar-refractivity contribution in [3.05, 3.63) is 90.3 Å². The van der Waals surface area contributed by atoms with Gasteiger partial charge in [-0.2, -0.15) is 0 Å². The zero-order valence-corrected chi connectivity index (χ0v) is 15.8. The van der Waals surface area contributed by atoms with Crippen LogP contribution in [0.2, 0.25) is 0 Å². The molecule has 0 bridgehead atoms. The first-order chi connectivity index (χ1) is 14.1. The van der Waals surface area contributed by atoms with Crippen LogP contribution in [0.25, 0.3) is 0 Å². The van der Waals surface area contributed by atoms with E-state index < -0.39 is 18.1 Å². The van der Waals surface area contributed by atoms with Crippen molar-refractivity contribution < 1.29 is 14.4 Å². The van der Waals surface area contributed by atoms with Gasteiger partial charge in [-0.05, 0) is 54.4 Å². The summed E-state index contributed by atoms with van der Waals surface area (Å²) < 4.78 is 0. The number of rotatable bonds is 3. The molecular weight excluding hydrogens is 366 g/mol. The van der Waals surface area contributed by atoms with E-state index in [9.17, 15) is 9.59 Å². The number of hydrogen-bond acceptors (Lipinski definition) is 5. The van der Waals surface area contributed by atoms with Crippen molar-refractivity contribution in [3.8, 4) is 0 Å². The second kappa shape index (κ2) is 6.83.